The number of azo groups is 1. The smallest absolute Gasteiger partial charge is 0.410 e. The Balaban J connectivity index is 1.52. The highest BCUT2D eigenvalue weighted by Crippen LogP contribution is 2.39. The Morgan fingerprint density at radius 1 is 1.07 bits per heavy atom. The van der Waals surface area contributed by atoms with Gasteiger partial charge in [0.15, 0.2) is 0 Å². The van der Waals surface area contributed by atoms with Crippen molar-refractivity contribution in [1.82, 2.24) is 4.90 Å². The summed E-state index contributed by atoms with van der Waals surface area (Å²) in [6.07, 6.45) is 3.47. The highest BCUT2D eigenvalue weighted by atomic mass is 16.6. The molecule has 0 saturated carbocycles. The number of rotatable bonds is 1. The normalized spacial score (nSPS) is 18.8. The van der Waals surface area contributed by atoms with Crippen molar-refractivity contribution in [3.63, 3.8) is 0 Å². The maximum Gasteiger partial charge on any atom is 0.410 e. The Morgan fingerprint density at radius 3 is 2.52 bits per heavy atom. The van der Waals surface area contributed by atoms with Gasteiger partial charge >= 0.3 is 6.09 Å². The first-order chi connectivity index (χ1) is 12.9. The maximum absolute atomic E-state index is 12.3. The standard InChI is InChI=1S/C22H25N3O2/c1-21(2,3)27-20(26)25-13-11-22(12-14-25)15-19(23-24-22)18-10-6-8-16-7-4-5-9-17(16)18/h4-10,15H,11-14H2,1-3H3. The lowest BCUT2D eigenvalue weighted by atomic mass is 9.87. The zero-order valence-corrected chi connectivity index (χ0v) is 16.1. The van der Waals surface area contributed by atoms with E-state index >= 15 is 0 Å². The Hall–Kier alpha value is -2.69. The number of likely N-dealkylation sites (tertiary alicyclic amines) is 1. The summed E-state index contributed by atoms with van der Waals surface area (Å²) in [7, 11) is 0. The largest absolute Gasteiger partial charge is 0.444 e. The van der Waals surface area contributed by atoms with E-state index in [1.165, 1.54) is 10.8 Å². The van der Waals surface area contributed by atoms with Crippen LogP contribution in [0.2, 0.25) is 0 Å². The number of piperidine rings is 1. The summed E-state index contributed by atoms with van der Waals surface area (Å²) in [4.78, 5) is 14.1. The molecule has 2 aliphatic heterocycles. The van der Waals surface area contributed by atoms with E-state index < -0.39 is 5.60 Å². The summed E-state index contributed by atoms with van der Waals surface area (Å²) in [5, 5.41) is 11.5. The molecule has 2 aromatic rings. The van der Waals surface area contributed by atoms with Crippen molar-refractivity contribution in [1.29, 1.82) is 0 Å². The van der Waals surface area contributed by atoms with Crippen molar-refractivity contribution in [3.8, 4) is 0 Å². The van der Waals surface area contributed by atoms with Gasteiger partial charge in [0.2, 0.25) is 0 Å². The molecule has 2 aliphatic rings. The predicted octanol–water partition coefficient (Wildman–Crippen LogP) is 5.42. The minimum atomic E-state index is -0.472. The fourth-order valence-electron chi connectivity index (χ4n) is 3.69. The number of nitrogens with zero attached hydrogens (tertiary/aromatic N) is 3. The van der Waals surface area contributed by atoms with Gasteiger partial charge in [0, 0.05) is 18.7 Å². The van der Waals surface area contributed by atoms with Crippen molar-refractivity contribution in [2.75, 3.05) is 13.1 Å². The van der Waals surface area contributed by atoms with Crippen LogP contribution in [0.4, 0.5) is 4.79 Å². The first kappa shape index (κ1) is 17.7. The molecule has 0 aromatic heterocycles. The number of amides is 1. The van der Waals surface area contributed by atoms with Crippen molar-refractivity contribution in [2.24, 2.45) is 10.2 Å². The molecule has 0 unspecified atom stereocenters. The van der Waals surface area contributed by atoms with Gasteiger partial charge in [-0.25, -0.2) is 4.79 Å². The minimum absolute atomic E-state index is 0.245. The molecular weight excluding hydrogens is 338 g/mol. The fraction of sp³-hybridized carbons (Fsp3) is 0.409. The average molecular weight is 363 g/mol. The number of carbonyl (C=O) groups is 1. The molecule has 27 heavy (non-hydrogen) atoms. The van der Waals surface area contributed by atoms with E-state index in [2.05, 4.69) is 46.6 Å². The quantitative estimate of drug-likeness (QED) is 0.679. The number of hydrogen-bond donors (Lipinski definition) is 0. The van der Waals surface area contributed by atoms with Crippen molar-refractivity contribution in [2.45, 2.75) is 44.8 Å². The Morgan fingerprint density at radius 2 is 1.78 bits per heavy atom. The van der Waals surface area contributed by atoms with E-state index in [4.69, 9.17) is 4.74 Å². The predicted molar refractivity (Wildman–Crippen MR) is 107 cm³/mol. The van der Waals surface area contributed by atoms with Crippen LogP contribution in [0.1, 0.15) is 39.2 Å². The summed E-state index contributed by atoms with van der Waals surface area (Å²) >= 11 is 0. The third kappa shape index (κ3) is 3.59. The van der Waals surface area contributed by atoms with Crippen LogP contribution in [0.15, 0.2) is 58.8 Å². The van der Waals surface area contributed by atoms with Crippen LogP contribution in [-0.4, -0.2) is 35.2 Å². The Kier molecular flexibility index (Phi) is 4.25. The van der Waals surface area contributed by atoms with Gasteiger partial charge in [-0.1, -0.05) is 42.5 Å². The molecule has 1 amide bonds. The molecule has 5 nitrogen and oxygen atoms in total. The van der Waals surface area contributed by atoms with E-state index in [9.17, 15) is 4.79 Å². The molecule has 1 spiro atoms. The van der Waals surface area contributed by atoms with Gasteiger partial charge in [0.05, 0.1) is 5.70 Å². The molecule has 4 rings (SSSR count). The summed E-state index contributed by atoms with van der Waals surface area (Å²) in [6, 6.07) is 14.6. The molecule has 5 heteroatoms. The third-order valence-corrected chi connectivity index (χ3v) is 5.11. The lowest BCUT2D eigenvalue weighted by Crippen LogP contribution is -2.46. The first-order valence-electron chi connectivity index (χ1n) is 9.47. The first-order valence-corrected chi connectivity index (χ1v) is 9.47. The zero-order chi connectivity index (χ0) is 19.1. The van der Waals surface area contributed by atoms with E-state index in [1.54, 1.807) is 4.90 Å². The number of ether oxygens (including phenoxy) is 1. The van der Waals surface area contributed by atoms with Gasteiger partial charge in [-0.2, -0.15) is 10.2 Å². The summed E-state index contributed by atoms with van der Waals surface area (Å²) in [6.45, 7) is 6.93. The summed E-state index contributed by atoms with van der Waals surface area (Å²) in [5.74, 6) is 0. The molecular formula is C22H25N3O2. The fourth-order valence-corrected chi connectivity index (χ4v) is 3.69. The van der Waals surface area contributed by atoms with E-state index in [1.807, 2.05) is 32.9 Å². The number of hydrogen-bond acceptors (Lipinski definition) is 4. The van der Waals surface area contributed by atoms with Crippen molar-refractivity contribution < 1.29 is 9.53 Å². The number of fused-ring (bicyclic) bond motifs is 1. The van der Waals surface area contributed by atoms with E-state index in [-0.39, 0.29) is 11.6 Å². The summed E-state index contributed by atoms with van der Waals surface area (Å²) < 4.78 is 5.48. The van der Waals surface area contributed by atoms with Crippen LogP contribution in [0, 0.1) is 0 Å². The second-order valence-corrected chi connectivity index (χ2v) is 8.33. The average Bonchev–Trinajstić information content (AvgIpc) is 3.04. The third-order valence-electron chi connectivity index (χ3n) is 5.11. The Labute approximate surface area is 159 Å². The van der Waals surface area contributed by atoms with Gasteiger partial charge in [-0.3, -0.25) is 0 Å². The van der Waals surface area contributed by atoms with Gasteiger partial charge in [0.1, 0.15) is 11.1 Å². The number of carbonyl (C=O) groups excluding carboxylic acids is 1. The van der Waals surface area contributed by atoms with Gasteiger partial charge in [0.25, 0.3) is 0 Å². The monoisotopic (exact) mass is 363 g/mol. The van der Waals surface area contributed by atoms with E-state index in [0.29, 0.717) is 13.1 Å². The second-order valence-electron chi connectivity index (χ2n) is 8.33. The molecule has 0 radical (unpaired) electrons. The van der Waals surface area contributed by atoms with Crippen LogP contribution in [0.5, 0.6) is 0 Å². The molecule has 0 atom stereocenters. The molecule has 2 heterocycles. The molecule has 1 saturated heterocycles. The molecule has 0 N–H and O–H groups in total. The highest BCUT2D eigenvalue weighted by Gasteiger charge is 2.38. The van der Waals surface area contributed by atoms with Crippen LogP contribution in [0.25, 0.3) is 16.5 Å². The van der Waals surface area contributed by atoms with Crippen LogP contribution in [-0.2, 0) is 4.74 Å². The molecule has 1 fully saturated rings. The van der Waals surface area contributed by atoms with Crippen LogP contribution < -0.4 is 0 Å². The molecule has 140 valence electrons. The van der Waals surface area contributed by atoms with Crippen molar-refractivity contribution >= 4 is 22.6 Å². The van der Waals surface area contributed by atoms with Crippen LogP contribution in [0.3, 0.4) is 0 Å². The highest BCUT2D eigenvalue weighted by molar-refractivity contribution is 5.94. The number of benzene rings is 2. The SMILES string of the molecule is CC(C)(C)OC(=O)N1CCC2(C=C(c3cccc4ccccc34)N=N2)CC1. The van der Waals surface area contributed by atoms with Gasteiger partial charge < -0.3 is 9.64 Å². The zero-order valence-electron chi connectivity index (χ0n) is 16.1. The lowest BCUT2D eigenvalue weighted by Gasteiger charge is -2.36. The minimum Gasteiger partial charge on any atom is -0.444 e. The van der Waals surface area contributed by atoms with E-state index in [0.717, 1.165) is 24.1 Å². The maximum atomic E-state index is 12.3. The summed E-state index contributed by atoms with van der Waals surface area (Å²) in [5.41, 5.74) is 1.27. The topological polar surface area (TPSA) is 54.3 Å². The molecule has 0 bridgehead atoms. The van der Waals surface area contributed by atoms with Crippen LogP contribution >= 0.6 is 0 Å². The Bertz CT molecular complexity index is 927. The molecule has 2 aromatic carbocycles. The second kappa shape index (κ2) is 6.48. The van der Waals surface area contributed by atoms with Gasteiger partial charge in [-0.15, -0.1) is 0 Å². The van der Waals surface area contributed by atoms with Crippen molar-refractivity contribution in [3.05, 3.63) is 54.1 Å². The lowest BCUT2D eigenvalue weighted by molar-refractivity contribution is 0.0187. The molecule has 0 aliphatic carbocycles. The van der Waals surface area contributed by atoms with Gasteiger partial charge in [-0.05, 0) is 50.5 Å².